The first-order chi connectivity index (χ1) is 10.3. The summed E-state index contributed by atoms with van der Waals surface area (Å²) >= 11 is 3.44. The van der Waals surface area contributed by atoms with Crippen LogP contribution in [-0.2, 0) is 0 Å². The Balaban J connectivity index is 1.61. The molecule has 0 aromatic carbocycles. The third-order valence-corrected chi connectivity index (χ3v) is 4.50. The number of nitrogens with one attached hydrogen (secondary N) is 1. The van der Waals surface area contributed by atoms with E-state index >= 15 is 0 Å². The van der Waals surface area contributed by atoms with Crippen molar-refractivity contribution in [3.8, 4) is 0 Å². The van der Waals surface area contributed by atoms with Crippen molar-refractivity contribution < 1.29 is 0 Å². The zero-order valence-corrected chi connectivity index (χ0v) is 12.9. The predicted octanol–water partition coefficient (Wildman–Crippen LogP) is 3.11. The van der Waals surface area contributed by atoms with Gasteiger partial charge in [0, 0.05) is 41.6 Å². The number of halogens is 1. The Morgan fingerprint density at radius 2 is 2.14 bits per heavy atom. The molecule has 3 aromatic heterocycles. The molecule has 0 bridgehead atoms. The van der Waals surface area contributed by atoms with Crippen LogP contribution in [0.1, 0.15) is 18.0 Å². The predicted molar refractivity (Wildman–Crippen MR) is 85.4 cm³/mol. The summed E-state index contributed by atoms with van der Waals surface area (Å²) in [6.45, 7) is 2.02. The Labute approximate surface area is 130 Å². The van der Waals surface area contributed by atoms with Crippen LogP contribution in [-0.4, -0.2) is 33.3 Å². The molecule has 0 radical (unpaired) electrons. The monoisotopic (exact) mass is 343 g/mol. The zero-order chi connectivity index (χ0) is 14.2. The van der Waals surface area contributed by atoms with Gasteiger partial charge in [-0.3, -0.25) is 10.1 Å². The molecule has 1 saturated heterocycles. The summed E-state index contributed by atoms with van der Waals surface area (Å²) in [5, 5.41) is 8.10. The van der Waals surface area contributed by atoms with E-state index < -0.39 is 0 Å². The fourth-order valence-corrected chi connectivity index (χ4v) is 3.20. The molecule has 0 aliphatic carbocycles. The molecule has 6 heteroatoms. The van der Waals surface area contributed by atoms with Gasteiger partial charge < -0.3 is 4.90 Å². The van der Waals surface area contributed by atoms with E-state index in [1.807, 2.05) is 18.6 Å². The number of hydrogen-bond donors (Lipinski definition) is 1. The van der Waals surface area contributed by atoms with Gasteiger partial charge in [-0.05, 0) is 40.5 Å². The highest BCUT2D eigenvalue weighted by atomic mass is 79.9. The normalized spacial score (nSPS) is 18.5. The van der Waals surface area contributed by atoms with Crippen LogP contribution in [0, 0.1) is 0 Å². The molecule has 1 aliphatic heterocycles. The van der Waals surface area contributed by atoms with Gasteiger partial charge in [0.05, 0.1) is 17.3 Å². The maximum absolute atomic E-state index is 4.54. The molecule has 0 saturated carbocycles. The number of rotatable bonds is 2. The lowest BCUT2D eigenvalue weighted by molar-refractivity contribution is 0.744. The van der Waals surface area contributed by atoms with Crippen LogP contribution in [0.15, 0.2) is 41.3 Å². The summed E-state index contributed by atoms with van der Waals surface area (Å²) in [4.78, 5) is 11.2. The number of hydrogen-bond acceptors (Lipinski definition) is 4. The molecule has 3 aromatic rings. The molecule has 5 nitrogen and oxygen atoms in total. The van der Waals surface area contributed by atoms with E-state index in [4.69, 9.17) is 0 Å². The summed E-state index contributed by atoms with van der Waals surface area (Å²) in [6.07, 6.45) is 6.68. The zero-order valence-electron chi connectivity index (χ0n) is 11.3. The van der Waals surface area contributed by atoms with Crippen LogP contribution in [0.2, 0.25) is 0 Å². The van der Waals surface area contributed by atoms with E-state index in [9.17, 15) is 0 Å². The molecule has 1 aliphatic rings. The summed E-state index contributed by atoms with van der Waals surface area (Å²) in [5.74, 6) is 0.480. The fourth-order valence-electron chi connectivity index (χ4n) is 2.96. The van der Waals surface area contributed by atoms with Crippen molar-refractivity contribution >= 4 is 32.7 Å². The number of H-pyrrole nitrogens is 1. The third kappa shape index (κ3) is 2.29. The van der Waals surface area contributed by atoms with Gasteiger partial charge in [-0.1, -0.05) is 0 Å². The highest BCUT2D eigenvalue weighted by molar-refractivity contribution is 9.10. The number of nitrogens with zero attached hydrogens (tertiary/aromatic N) is 4. The Bertz CT molecular complexity index is 767. The van der Waals surface area contributed by atoms with Crippen LogP contribution in [0.4, 0.5) is 5.69 Å². The molecule has 1 fully saturated rings. The first kappa shape index (κ1) is 12.8. The van der Waals surface area contributed by atoms with Gasteiger partial charge in [0.25, 0.3) is 0 Å². The summed E-state index contributed by atoms with van der Waals surface area (Å²) < 4.78 is 1.02. The molecule has 0 amide bonds. The van der Waals surface area contributed by atoms with Gasteiger partial charge in [0.1, 0.15) is 0 Å². The van der Waals surface area contributed by atoms with Crippen molar-refractivity contribution in [3.63, 3.8) is 0 Å². The molecule has 106 valence electrons. The molecule has 4 rings (SSSR count). The van der Waals surface area contributed by atoms with Gasteiger partial charge in [-0.15, -0.1) is 0 Å². The molecule has 4 heterocycles. The van der Waals surface area contributed by atoms with Crippen molar-refractivity contribution in [1.82, 2.24) is 20.2 Å². The van der Waals surface area contributed by atoms with Gasteiger partial charge in [0.15, 0.2) is 5.65 Å². The second-order valence-electron chi connectivity index (χ2n) is 5.30. The van der Waals surface area contributed by atoms with Crippen LogP contribution < -0.4 is 4.90 Å². The average Bonchev–Trinajstić information content (AvgIpc) is 3.16. The number of anilines is 1. The topological polar surface area (TPSA) is 57.7 Å². The molecular weight excluding hydrogens is 330 g/mol. The van der Waals surface area contributed by atoms with Crippen LogP contribution in [0.25, 0.3) is 11.0 Å². The standard InChI is InChI=1S/C15H14BrN5/c16-11-1-2-13(18-7-11)10-4-6-21(9-10)14-3-5-17-15-12(14)8-19-20-15/h1-3,5,7-8,10H,4,6,9H2,(H,17,19,20). The molecule has 1 unspecified atom stereocenters. The smallest absolute Gasteiger partial charge is 0.157 e. The van der Waals surface area contributed by atoms with Crippen molar-refractivity contribution in [2.75, 3.05) is 18.0 Å². The summed E-state index contributed by atoms with van der Waals surface area (Å²) in [5.41, 5.74) is 3.21. The Hall–Kier alpha value is -1.95. The highest BCUT2D eigenvalue weighted by Crippen LogP contribution is 2.33. The van der Waals surface area contributed by atoms with E-state index in [-0.39, 0.29) is 0 Å². The summed E-state index contributed by atoms with van der Waals surface area (Å²) in [6, 6.07) is 6.24. The second-order valence-corrected chi connectivity index (χ2v) is 6.21. The van der Waals surface area contributed by atoms with E-state index in [0.29, 0.717) is 5.92 Å². The molecule has 1 atom stereocenters. The summed E-state index contributed by atoms with van der Waals surface area (Å²) in [7, 11) is 0. The van der Waals surface area contributed by atoms with E-state index in [1.165, 1.54) is 5.69 Å². The van der Waals surface area contributed by atoms with Crippen molar-refractivity contribution in [1.29, 1.82) is 0 Å². The third-order valence-electron chi connectivity index (χ3n) is 4.03. The number of aromatic nitrogens is 4. The lowest BCUT2D eigenvalue weighted by atomic mass is 10.0. The quantitative estimate of drug-likeness (QED) is 0.776. The maximum atomic E-state index is 4.54. The molecule has 21 heavy (non-hydrogen) atoms. The molecule has 0 spiro atoms. The highest BCUT2D eigenvalue weighted by Gasteiger charge is 2.26. The SMILES string of the molecule is Brc1ccc(C2CCN(c3ccnc4[nH]ncc34)C2)nc1. The number of fused-ring (bicyclic) bond motifs is 1. The minimum atomic E-state index is 0.480. The van der Waals surface area contributed by atoms with Crippen LogP contribution in [0.5, 0.6) is 0 Å². The first-order valence-electron chi connectivity index (χ1n) is 6.96. The van der Waals surface area contributed by atoms with Crippen molar-refractivity contribution in [2.24, 2.45) is 0 Å². The van der Waals surface area contributed by atoms with Crippen LogP contribution >= 0.6 is 15.9 Å². The second kappa shape index (κ2) is 5.11. The van der Waals surface area contributed by atoms with Crippen molar-refractivity contribution in [3.05, 3.63) is 47.0 Å². The average molecular weight is 344 g/mol. The Kier molecular flexibility index (Phi) is 3.11. The Morgan fingerprint density at radius 1 is 1.19 bits per heavy atom. The van der Waals surface area contributed by atoms with E-state index in [2.05, 4.69) is 59.2 Å². The largest absolute Gasteiger partial charge is 0.370 e. The minimum absolute atomic E-state index is 0.480. The number of aromatic amines is 1. The van der Waals surface area contributed by atoms with Gasteiger partial charge in [-0.25, -0.2) is 4.98 Å². The van der Waals surface area contributed by atoms with Crippen LogP contribution in [0.3, 0.4) is 0 Å². The number of pyridine rings is 2. The molecule has 1 N–H and O–H groups in total. The van der Waals surface area contributed by atoms with E-state index in [1.54, 1.807) is 0 Å². The maximum Gasteiger partial charge on any atom is 0.157 e. The van der Waals surface area contributed by atoms with Gasteiger partial charge in [-0.2, -0.15) is 5.10 Å². The lowest BCUT2D eigenvalue weighted by Crippen LogP contribution is -2.19. The lowest BCUT2D eigenvalue weighted by Gasteiger charge is -2.19. The van der Waals surface area contributed by atoms with Gasteiger partial charge in [0.2, 0.25) is 0 Å². The van der Waals surface area contributed by atoms with Crippen molar-refractivity contribution in [2.45, 2.75) is 12.3 Å². The van der Waals surface area contributed by atoms with E-state index in [0.717, 1.165) is 40.7 Å². The first-order valence-corrected chi connectivity index (χ1v) is 7.75. The molecular formula is C15H14BrN5. The fraction of sp³-hybridized carbons (Fsp3) is 0.267. The Morgan fingerprint density at radius 3 is 3.00 bits per heavy atom. The van der Waals surface area contributed by atoms with Gasteiger partial charge >= 0.3 is 0 Å². The minimum Gasteiger partial charge on any atom is -0.370 e.